The first-order valence-electron chi connectivity index (χ1n) is 3.75. The number of hydrogen-bond acceptors (Lipinski definition) is 5. The minimum absolute atomic E-state index is 0.288. The van der Waals surface area contributed by atoms with Crippen LogP contribution < -0.4 is 0 Å². The number of esters is 1. The quantitative estimate of drug-likeness (QED) is 0.452. The molecule has 0 aliphatic carbocycles. The fourth-order valence-electron chi connectivity index (χ4n) is 0.492. The van der Waals surface area contributed by atoms with Crippen molar-refractivity contribution in [3.05, 3.63) is 0 Å². The Bertz CT molecular complexity index is 185. The summed E-state index contributed by atoms with van der Waals surface area (Å²) < 4.78 is 8.55. The Morgan fingerprint density at radius 3 is 2.54 bits per heavy atom. The summed E-state index contributed by atoms with van der Waals surface area (Å²) in [6.45, 7) is 3.82. The monoisotopic (exact) mass is 318 g/mol. The smallest absolute Gasteiger partial charge is 0.368 e. The molecule has 1 atom stereocenters. The lowest BCUT2D eigenvalue weighted by atomic mass is 10.7. The molecule has 6 heteroatoms. The van der Waals surface area contributed by atoms with Crippen molar-refractivity contribution in [3.63, 3.8) is 0 Å². The standard InChI is InChI=1S/C7H11IO4S/c1-3-11-6(9)5(8)12-7(10)13-4-2/h5H,3-4H2,1-2H3. The number of halogens is 1. The van der Waals surface area contributed by atoms with Gasteiger partial charge in [0.05, 0.1) is 6.61 Å². The summed E-state index contributed by atoms with van der Waals surface area (Å²) in [5.41, 5.74) is 0. The molecule has 0 amide bonds. The summed E-state index contributed by atoms with van der Waals surface area (Å²) in [6, 6.07) is 0. The van der Waals surface area contributed by atoms with Gasteiger partial charge in [0, 0.05) is 5.75 Å². The number of alkyl halides is 1. The van der Waals surface area contributed by atoms with E-state index in [2.05, 4.69) is 4.74 Å². The Hall–Kier alpha value is 0.0200. The number of thioether (sulfide) groups is 1. The zero-order valence-corrected chi connectivity index (χ0v) is 10.4. The topological polar surface area (TPSA) is 52.6 Å². The second-order valence-corrected chi connectivity index (χ2v) is 4.20. The van der Waals surface area contributed by atoms with Crippen LogP contribution in [0.25, 0.3) is 0 Å². The van der Waals surface area contributed by atoms with Crippen molar-refractivity contribution >= 4 is 45.6 Å². The van der Waals surface area contributed by atoms with Crippen LogP contribution in [0.15, 0.2) is 0 Å². The van der Waals surface area contributed by atoms with Gasteiger partial charge in [-0.3, -0.25) is 0 Å². The molecule has 1 unspecified atom stereocenters. The number of ether oxygens (including phenoxy) is 2. The van der Waals surface area contributed by atoms with E-state index in [0.29, 0.717) is 5.75 Å². The molecule has 0 aliphatic heterocycles. The van der Waals surface area contributed by atoms with Crippen LogP contribution in [0.5, 0.6) is 0 Å². The molecule has 13 heavy (non-hydrogen) atoms. The molecule has 0 saturated carbocycles. The van der Waals surface area contributed by atoms with Crippen molar-refractivity contribution in [2.75, 3.05) is 12.4 Å². The van der Waals surface area contributed by atoms with Gasteiger partial charge in [0.1, 0.15) is 0 Å². The predicted octanol–water partition coefficient (Wildman–Crippen LogP) is 2.20. The molecule has 0 fully saturated rings. The molecule has 0 aromatic heterocycles. The maximum Gasteiger partial charge on any atom is 0.368 e. The molecule has 0 aliphatic rings. The van der Waals surface area contributed by atoms with E-state index in [1.807, 2.05) is 6.92 Å². The number of carbonyl (C=O) groups excluding carboxylic acids is 2. The highest BCUT2D eigenvalue weighted by Crippen LogP contribution is 2.12. The molecule has 4 nitrogen and oxygen atoms in total. The van der Waals surface area contributed by atoms with Gasteiger partial charge in [0.25, 0.3) is 0 Å². The van der Waals surface area contributed by atoms with Crippen LogP contribution >= 0.6 is 34.4 Å². The Morgan fingerprint density at radius 2 is 2.08 bits per heavy atom. The number of hydrogen-bond donors (Lipinski definition) is 0. The second kappa shape index (κ2) is 7.43. The van der Waals surface area contributed by atoms with E-state index in [1.54, 1.807) is 29.5 Å². The fourth-order valence-corrected chi connectivity index (χ4v) is 1.48. The summed E-state index contributed by atoms with van der Waals surface area (Å²) in [5.74, 6) is 0.110. The van der Waals surface area contributed by atoms with Crippen LogP contribution in [0.2, 0.25) is 0 Å². The lowest BCUT2D eigenvalue weighted by molar-refractivity contribution is -0.147. The molecule has 0 aromatic carbocycles. The molecule has 0 spiro atoms. The third kappa shape index (κ3) is 6.14. The van der Waals surface area contributed by atoms with Gasteiger partial charge in [-0.05, 0) is 41.3 Å². The third-order valence-corrected chi connectivity index (χ3v) is 2.32. The molecule has 76 valence electrons. The summed E-state index contributed by atoms with van der Waals surface area (Å²) in [7, 11) is 0. The molecule has 0 aromatic rings. The lowest BCUT2D eigenvalue weighted by Gasteiger charge is -2.09. The van der Waals surface area contributed by atoms with E-state index in [4.69, 9.17) is 4.74 Å². The van der Waals surface area contributed by atoms with Crippen LogP contribution in [-0.2, 0) is 14.3 Å². The Kier molecular flexibility index (Phi) is 7.44. The van der Waals surface area contributed by atoms with E-state index in [0.717, 1.165) is 11.8 Å². The average molecular weight is 318 g/mol. The third-order valence-electron chi connectivity index (χ3n) is 0.934. The van der Waals surface area contributed by atoms with Crippen molar-refractivity contribution in [1.82, 2.24) is 0 Å². The van der Waals surface area contributed by atoms with Gasteiger partial charge >= 0.3 is 11.3 Å². The van der Waals surface area contributed by atoms with Crippen LogP contribution in [-0.4, -0.2) is 27.7 Å². The summed E-state index contributed by atoms with van der Waals surface area (Å²) >= 11 is 2.74. The molecule has 0 heterocycles. The summed E-state index contributed by atoms with van der Waals surface area (Å²) in [6.07, 6.45) is 0. The first-order valence-corrected chi connectivity index (χ1v) is 5.99. The first kappa shape index (κ1) is 13.0. The molecule has 0 saturated heterocycles. The van der Waals surface area contributed by atoms with E-state index in [9.17, 15) is 9.59 Å². The lowest BCUT2D eigenvalue weighted by Crippen LogP contribution is -2.21. The molecule has 0 N–H and O–H groups in total. The number of rotatable bonds is 4. The van der Waals surface area contributed by atoms with Crippen molar-refractivity contribution in [2.45, 2.75) is 18.0 Å². The molecule has 0 bridgehead atoms. The molecule has 0 radical (unpaired) electrons. The summed E-state index contributed by atoms with van der Waals surface area (Å²) in [5, 5.41) is -0.449. The van der Waals surface area contributed by atoms with Crippen molar-refractivity contribution in [1.29, 1.82) is 0 Å². The van der Waals surface area contributed by atoms with E-state index in [1.165, 1.54) is 0 Å². The van der Waals surface area contributed by atoms with Gasteiger partial charge in [-0.2, -0.15) is 0 Å². The van der Waals surface area contributed by atoms with E-state index < -0.39 is 15.4 Å². The van der Waals surface area contributed by atoms with Crippen LogP contribution in [0.1, 0.15) is 13.8 Å². The normalized spacial score (nSPS) is 11.9. The van der Waals surface area contributed by atoms with Gasteiger partial charge in [-0.15, -0.1) is 0 Å². The van der Waals surface area contributed by atoms with Crippen LogP contribution in [0, 0.1) is 0 Å². The SMILES string of the molecule is CCOC(=O)C(I)OC(=O)SCC. The molecular weight excluding hydrogens is 307 g/mol. The highest BCUT2D eigenvalue weighted by molar-refractivity contribution is 14.1. The van der Waals surface area contributed by atoms with Crippen LogP contribution in [0.4, 0.5) is 4.79 Å². The highest BCUT2D eigenvalue weighted by Gasteiger charge is 2.20. The fraction of sp³-hybridized carbons (Fsp3) is 0.714. The Balaban J connectivity index is 3.78. The molecule has 0 rings (SSSR count). The maximum atomic E-state index is 11.0. The van der Waals surface area contributed by atoms with Gasteiger partial charge in [-0.1, -0.05) is 6.92 Å². The van der Waals surface area contributed by atoms with Crippen molar-refractivity contribution in [2.24, 2.45) is 0 Å². The van der Waals surface area contributed by atoms with E-state index >= 15 is 0 Å². The first-order chi connectivity index (χ1) is 6.11. The maximum absolute atomic E-state index is 11.0. The zero-order chi connectivity index (χ0) is 10.3. The zero-order valence-electron chi connectivity index (χ0n) is 7.41. The second-order valence-electron chi connectivity index (χ2n) is 1.87. The highest BCUT2D eigenvalue weighted by atomic mass is 127. The minimum Gasteiger partial charge on any atom is -0.463 e. The predicted molar refractivity (Wildman–Crippen MR) is 59.1 cm³/mol. The Morgan fingerprint density at radius 1 is 1.46 bits per heavy atom. The van der Waals surface area contributed by atoms with Gasteiger partial charge < -0.3 is 9.47 Å². The minimum atomic E-state index is -0.843. The number of carbonyl (C=O) groups is 2. The Labute approximate surface area is 94.9 Å². The van der Waals surface area contributed by atoms with Gasteiger partial charge in [0.2, 0.25) is 4.11 Å². The van der Waals surface area contributed by atoms with Gasteiger partial charge in [0.15, 0.2) is 0 Å². The largest absolute Gasteiger partial charge is 0.463 e. The molecular formula is C7H11IO4S. The average Bonchev–Trinajstić information content (AvgIpc) is 2.05. The van der Waals surface area contributed by atoms with E-state index in [-0.39, 0.29) is 6.61 Å². The summed E-state index contributed by atoms with van der Waals surface area (Å²) in [4.78, 5) is 21.9. The van der Waals surface area contributed by atoms with Crippen LogP contribution in [0.3, 0.4) is 0 Å². The van der Waals surface area contributed by atoms with Crippen molar-refractivity contribution < 1.29 is 19.1 Å². The van der Waals surface area contributed by atoms with Crippen molar-refractivity contribution in [3.8, 4) is 0 Å². The van der Waals surface area contributed by atoms with Gasteiger partial charge in [-0.25, -0.2) is 9.59 Å².